The van der Waals surface area contributed by atoms with E-state index < -0.39 is 0 Å². The van der Waals surface area contributed by atoms with Crippen LogP contribution < -0.4 is 0 Å². The van der Waals surface area contributed by atoms with Crippen molar-refractivity contribution in [1.29, 1.82) is 0 Å². The Kier molecular flexibility index (Phi) is 2.97. The lowest BCUT2D eigenvalue weighted by molar-refractivity contribution is 0.627. The fraction of sp³-hybridized carbons (Fsp3) is 0.0526. The van der Waals surface area contributed by atoms with Crippen LogP contribution in [0.15, 0.2) is 66.0 Å². The van der Waals surface area contributed by atoms with Crippen LogP contribution in [0.2, 0.25) is 0 Å². The van der Waals surface area contributed by atoms with Gasteiger partial charge < -0.3 is 0 Å². The Labute approximate surface area is 126 Å². The van der Waals surface area contributed by atoms with E-state index in [0.29, 0.717) is 0 Å². The summed E-state index contributed by atoms with van der Waals surface area (Å²) in [4.78, 5) is 0. The van der Waals surface area contributed by atoms with E-state index in [1.54, 1.807) is 11.3 Å². The summed E-state index contributed by atoms with van der Waals surface area (Å²) in [6.45, 7) is 0. The Morgan fingerprint density at radius 3 is 2.52 bits per heavy atom. The minimum Gasteiger partial charge on any atom is -0.207 e. The van der Waals surface area contributed by atoms with Gasteiger partial charge in [0.1, 0.15) is 5.82 Å². The average molecular weight is 292 g/mol. The van der Waals surface area contributed by atoms with E-state index in [2.05, 4.69) is 41.8 Å². The van der Waals surface area contributed by atoms with Crippen LogP contribution in [0.1, 0.15) is 11.1 Å². The lowest BCUT2D eigenvalue weighted by Crippen LogP contribution is -1.90. The summed E-state index contributed by atoms with van der Waals surface area (Å²) in [5, 5.41) is 6.03. The second-order valence-electron chi connectivity index (χ2n) is 5.22. The van der Waals surface area contributed by atoms with Gasteiger partial charge in [0.15, 0.2) is 0 Å². The molecular formula is C19H13FS. The zero-order valence-corrected chi connectivity index (χ0v) is 12.2. The highest BCUT2D eigenvalue weighted by Crippen LogP contribution is 2.33. The molecule has 0 saturated carbocycles. The molecule has 1 heterocycles. The number of fused-ring (bicyclic) bond motifs is 3. The van der Waals surface area contributed by atoms with E-state index in [9.17, 15) is 4.39 Å². The number of hydrogen-bond donors (Lipinski definition) is 0. The van der Waals surface area contributed by atoms with Crippen LogP contribution in [-0.2, 0) is 6.42 Å². The van der Waals surface area contributed by atoms with E-state index in [1.807, 2.05) is 12.1 Å². The first-order chi connectivity index (χ1) is 10.3. The predicted molar refractivity (Wildman–Crippen MR) is 88.5 cm³/mol. The van der Waals surface area contributed by atoms with Crippen molar-refractivity contribution in [1.82, 2.24) is 0 Å². The second-order valence-corrected chi connectivity index (χ2v) is 6.14. The molecule has 0 unspecified atom stereocenters. The highest BCUT2D eigenvalue weighted by Gasteiger charge is 2.08. The first-order valence-electron chi connectivity index (χ1n) is 6.93. The molecule has 2 heteroatoms. The van der Waals surface area contributed by atoms with Crippen molar-refractivity contribution in [3.63, 3.8) is 0 Å². The lowest BCUT2D eigenvalue weighted by Gasteiger charge is -2.08. The quantitative estimate of drug-likeness (QED) is 0.439. The molecule has 0 spiro atoms. The van der Waals surface area contributed by atoms with Gasteiger partial charge >= 0.3 is 0 Å². The molecule has 0 fully saturated rings. The summed E-state index contributed by atoms with van der Waals surface area (Å²) in [5.74, 6) is -0.182. The van der Waals surface area contributed by atoms with E-state index in [0.717, 1.165) is 12.0 Å². The third kappa shape index (κ3) is 2.22. The van der Waals surface area contributed by atoms with Crippen LogP contribution in [0.5, 0.6) is 0 Å². The highest BCUT2D eigenvalue weighted by atomic mass is 32.1. The number of halogens is 1. The molecule has 3 aromatic carbocycles. The molecule has 0 nitrogen and oxygen atoms in total. The molecule has 0 aliphatic rings. The monoisotopic (exact) mass is 292 g/mol. The second kappa shape index (κ2) is 4.97. The summed E-state index contributed by atoms with van der Waals surface area (Å²) >= 11 is 1.78. The zero-order chi connectivity index (χ0) is 14.2. The van der Waals surface area contributed by atoms with Gasteiger partial charge in [-0.15, -0.1) is 11.3 Å². The first kappa shape index (κ1) is 12.5. The maximum atomic E-state index is 13.0. The summed E-state index contributed by atoms with van der Waals surface area (Å²) in [5.41, 5.74) is 2.44. The van der Waals surface area contributed by atoms with E-state index in [4.69, 9.17) is 0 Å². The van der Waals surface area contributed by atoms with Crippen molar-refractivity contribution >= 4 is 32.2 Å². The molecule has 1 aromatic heterocycles. The topological polar surface area (TPSA) is 0 Å². The highest BCUT2D eigenvalue weighted by molar-refractivity contribution is 7.18. The number of benzene rings is 3. The molecule has 102 valence electrons. The van der Waals surface area contributed by atoms with Gasteiger partial charge in [-0.05, 0) is 57.3 Å². The number of rotatable bonds is 2. The van der Waals surface area contributed by atoms with Crippen LogP contribution in [0, 0.1) is 5.82 Å². The van der Waals surface area contributed by atoms with Crippen LogP contribution in [0.3, 0.4) is 0 Å². The lowest BCUT2D eigenvalue weighted by atomic mass is 9.98. The van der Waals surface area contributed by atoms with Crippen molar-refractivity contribution in [2.45, 2.75) is 6.42 Å². The van der Waals surface area contributed by atoms with E-state index >= 15 is 0 Å². The Bertz CT molecular complexity index is 919. The number of hydrogen-bond acceptors (Lipinski definition) is 1. The van der Waals surface area contributed by atoms with Crippen LogP contribution >= 0.6 is 11.3 Å². The Morgan fingerprint density at radius 1 is 0.857 bits per heavy atom. The third-order valence-electron chi connectivity index (χ3n) is 3.85. The molecule has 0 N–H and O–H groups in total. The minimum absolute atomic E-state index is 0.182. The summed E-state index contributed by atoms with van der Waals surface area (Å²) in [7, 11) is 0. The van der Waals surface area contributed by atoms with E-state index in [1.165, 1.54) is 38.6 Å². The molecule has 0 atom stereocenters. The fourth-order valence-corrected chi connectivity index (χ4v) is 3.81. The molecule has 0 bridgehead atoms. The smallest absolute Gasteiger partial charge is 0.123 e. The fourth-order valence-electron chi connectivity index (χ4n) is 2.83. The molecule has 0 amide bonds. The first-order valence-corrected chi connectivity index (χ1v) is 7.81. The summed E-state index contributed by atoms with van der Waals surface area (Å²) < 4.78 is 14.4. The molecule has 21 heavy (non-hydrogen) atoms. The zero-order valence-electron chi connectivity index (χ0n) is 11.3. The predicted octanol–water partition coefficient (Wildman–Crippen LogP) is 5.78. The van der Waals surface area contributed by atoms with Gasteiger partial charge in [-0.2, -0.15) is 0 Å². The minimum atomic E-state index is -0.182. The summed E-state index contributed by atoms with van der Waals surface area (Å²) in [6, 6.07) is 19.7. The average Bonchev–Trinajstić information content (AvgIpc) is 3.00. The van der Waals surface area contributed by atoms with Crippen molar-refractivity contribution in [3.05, 3.63) is 83.0 Å². The van der Waals surface area contributed by atoms with Gasteiger partial charge in [-0.25, -0.2) is 4.39 Å². The Balaban J connectivity index is 1.90. The van der Waals surface area contributed by atoms with Crippen LogP contribution in [-0.4, -0.2) is 0 Å². The van der Waals surface area contributed by atoms with E-state index in [-0.39, 0.29) is 5.82 Å². The molecule has 0 saturated heterocycles. The van der Waals surface area contributed by atoms with Crippen molar-refractivity contribution in [2.75, 3.05) is 0 Å². The van der Waals surface area contributed by atoms with Crippen LogP contribution in [0.4, 0.5) is 4.39 Å². The largest absolute Gasteiger partial charge is 0.207 e. The normalized spacial score (nSPS) is 11.3. The summed E-state index contributed by atoms with van der Waals surface area (Å²) in [6.07, 6.45) is 0.832. The van der Waals surface area contributed by atoms with Gasteiger partial charge in [-0.1, -0.05) is 42.5 Å². The standard InChI is InChI=1S/C19H13FS/c20-16-7-5-13(6-8-16)11-15-12-14-3-1-2-4-17(14)19-18(15)9-10-21-19/h1-10,12H,11H2. The molecule has 0 aliphatic heterocycles. The van der Waals surface area contributed by atoms with Crippen molar-refractivity contribution in [2.24, 2.45) is 0 Å². The molecule has 4 aromatic rings. The third-order valence-corrected chi connectivity index (χ3v) is 4.80. The maximum Gasteiger partial charge on any atom is 0.123 e. The van der Waals surface area contributed by atoms with Gasteiger partial charge in [0.05, 0.1) is 0 Å². The van der Waals surface area contributed by atoms with Crippen molar-refractivity contribution < 1.29 is 4.39 Å². The maximum absolute atomic E-state index is 13.0. The molecule has 0 aliphatic carbocycles. The SMILES string of the molecule is Fc1ccc(Cc2cc3ccccc3c3sccc23)cc1. The molecule has 0 radical (unpaired) electrons. The van der Waals surface area contributed by atoms with Crippen LogP contribution in [0.25, 0.3) is 20.9 Å². The van der Waals surface area contributed by atoms with Gasteiger partial charge in [0.25, 0.3) is 0 Å². The van der Waals surface area contributed by atoms with Gasteiger partial charge in [0.2, 0.25) is 0 Å². The van der Waals surface area contributed by atoms with Gasteiger partial charge in [-0.3, -0.25) is 0 Å². The Hall–Kier alpha value is -2.19. The van der Waals surface area contributed by atoms with Gasteiger partial charge in [0, 0.05) is 4.70 Å². The van der Waals surface area contributed by atoms with Crippen molar-refractivity contribution in [3.8, 4) is 0 Å². The number of thiophene rings is 1. The molecular weight excluding hydrogens is 279 g/mol. The Morgan fingerprint density at radius 2 is 1.67 bits per heavy atom. The molecule has 4 rings (SSSR count).